The highest BCUT2D eigenvalue weighted by Crippen LogP contribution is 2.43. The van der Waals surface area contributed by atoms with Crippen molar-refractivity contribution in [2.75, 3.05) is 13.5 Å². The maximum atomic E-state index is 12.7. The molecule has 1 fully saturated rings. The Labute approximate surface area is 96.6 Å². The average Bonchev–Trinajstić information content (AvgIpc) is 2.87. The largest absolute Gasteiger partial charge is 0.459 e. The summed E-state index contributed by atoms with van der Waals surface area (Å²) in [6.45, 7) is -1.78. The maximum absolute atomic E-state index is 12.7. The molecule has 17 heavy (non-hydrogen) atoms. The molecule has 2 aliphatic rings. The molecule has 0 amide bonds. The Balaban J connectivity index is 1.79. The van der Waals surface area contributed by atoms with E-state index >= 15 is 0 Å². The first kappa shape index (κ1) is 12.4. The number of halogens is 3. The molecule has 2 aliphatic carbocycles. The molecule has 0 saturated heterocycles. The summed E-state index contributed by atoms with van der Waals surface area (Å²) in [5.74, 6) is -0.938. The van der Waals surface area contributed by atoms with Crippen molar-refractivity contribution >= 4 is 5.97 Å². The minimum atomic E-state index is -4.19. The summed E-state index contributed by atoms with van der Waals surface area (Å²) >= 11 is 0. The number of alkyl halides is 3. The second-order valence-corrected chi connectivity index (χ2v) is 4.41. The van der Waals surface area contributed by atoms with Gasteiger partial charge in [-0.05, 0) is 30.6 Å². The van der Waals surface area contributed by atoms with E-state index in [0.29, 0.717) is 11.8 Å². The van der Waals surface area contributed by atoms with Crippen LogP contribution in [0.1, 0.15) is 12.8 Å². The average molecular weight is 250 g/mol. The van der Waals surface area contributed by atoms with E-state index in [1.165, 1.54) is 0 Å². The van der Waals surface area contributed by atoms with Crippen molar-refractivity contribution in [3.8, 4) is 0 Å². The van der Waals surface area contributed by atoms with Crippen molar-refractivity contribution in [1.29, 1.82) is 0 Å². The first-order valence-electron chi connectivity index (χ1n) is 5.46. The molecule has 0 N–H and O–H groups in total. The van der Waals surface area contributed by atoms with Gasteiger partial charge in [0.2, 0.25) is 0 Å². The van der Waals surface area contributed by atoms with Crippen LogP contribution in [0.4, 0.5) is 13.2 Å². The number of ether oxygens (including phenoxy) is 2. The molecule has 3 unspecified atom stereocenters. The highest BCUT2D eigenvalue weighted by molar-refractivity contribution is 5.75. The molecule has 0 spiro atoms. The summed E-state index contributed by atoms with van der Waals surface area (Å²) < 4.78 is 44.9. The van der Waals surface area contributed by atoms with Crippen LogP contribution in [0.5, 0.6) is 0 Å². The summed E-state index contributed by atoms with van der Waals surface area (Å²) in [5, 5.41) is 0. The lowest BCUT2D eigenvalue weighted by molar-refractivity contribution is -0.262. The van der Waals surface area contributed by atoms with Crippen molar-refractivity contribution in [2.24, 2.45) is 17.8 Å². The summed E-state index contributed by atoms with van der Waals surface area (Å²) in [6.07, 6.45) is 1.79. The van der Waals surface area contributed by atoms with E-state index in [4.69, 9.17) is 0 Å². The predicted molar refractivity (Wildman–Crippen MR) is 51.8 cm³/mol. The van der Waals surface area contributed by atoms with E-state index in [1.54, 1.807) is 0 Å². The van der Waals surface area contributed by atoms with Gasteiger partial charge in [-0.1, -0.05) is 12.2 Å². The van der Waals surface area contributed by atoms with Crippen LogP contribution in [0.25, 0.3) is 0 Å². The number of carbonyl (C=O) groups is 1. The van der Waals surface area contributed by atoms with Crippen molar-refractivity contribution in [1.82, 2.24) is 0 Å². The van der Waals surface area contributed by atoms with E-state index in [9.17, 15) is 18.0 Å². The molecule has 0 heterocycles. The van der Waals surface area contributed by atoms with Crippen molar-refractivity contribution in [2.45, 2.75) is 19.0 Å². The Morgan fingerprint density at radius 2 is 2.12 bits per heavy atom. The fourth-order valence-corrected chi connectivity index (χ4v) is 2.48. The van der Waals surface area contributed by atoms with Gasteiger partial charge in [-0.3, -0.25) is 4.74 Å². The Bertz CT molecular complexity index is 330. The first-order chi connectivity index (χ1) is 8.03. The van der Waals surface area contributed by atoms with Crippen molar-refractivity contribution < 1.29 is 27.4 Å². The van der Waals surface area contributed by atoms with Gasteiger partial charge < -0.3 is 4.74 Å². The zero-order valence-electron chi connectivity index (χ0n) is 9.07. The SMILES string of the molecule is O=C(OCC1CC2C=CC1C2)C(F)(F)OCF. The van der Waals surface area contributed by atoms with Crippen LogP contribution in [0.3, 0.4) is 0 Å². The Morgan fingerprint density at radius 1 is 1.35 bits per heavy atom. The molecule has 96 valence electrons. The fourth-order valence-electron chi connectivity index (χ4n) is 2.48. The van der Waals surface area contributed by atoms with Gasteiger partial charge in [0.15, 0.2) is 6.86 Å². The molecule has 0 aromatic carbocycles. The Kier molecular flexibility index (Phi) is 3.42. The summed E-state index contributed by atoms with van der Waals surface area (Å²) in [6, 6.07) is 0. The number of allylic oxidation sites excluding steroid dienone is 2. The molecular weight excluding hydrogens is 237 g/mol. The van der Waals surface area contributed by atoms with Gasteiger partial charge in [0.1, 0.15) is 0 Å². The third-order valence-electron chi connectivity index (χ3n) is 3.32. The molecule has 0 aromatic heterocycles. The molecular formula is C11H13F3O3. The van der Waals surface area contributed by atoms with E-state index < -0.39 is 18.9 Å². The van der Waals surface area contributed by atoms with Crippen molar-refractivity contribution in [3.63, 3.8) is 0 Å². The lowest BCUT2D eigenvalue weighted by Gasteiger charge is -2.19. The summed E-state index contributed by atoms with van der Waals surface area (Å²) in [7, 11) is 0. The zero-order valence-corrected chi connectivity index (χ0v) is 9.07. The second-order valence-electron chi connectivity index (χ2n) is 4.41. The summed E-state index contributed by atoms with van der Waals surface area (Å²) in [4.78, 5) is 10.9. The Hall–Kier alpha value is -1.04. The predicted octanol–water partition coefficient (Wildman–Crippen LogP) is 2.28. The number of hydrogen-bond donors (Lipinski definition) is 0. The molecule has 2 bridgehead atoms. The number of hydrogen-bond acceptors (Lipinski definition) is 3. The van der Waals surface area contributed by atoms with Gasteiger partial charge in [0, 0.05) is 0 Å². The normalized spacial score (nSPS) is 30.9. The molecule has 0 aliphatic heterocycles. The highest BCUT2D eigenvalue weighted by Gasteiger charge is 2.44. The van der Waals surface area contributed by atoms with Gasteiger partial charge in [0.25, 0.3) is 0 Å². The van der Waals surface area contributed by atoms with Gasteiger partial charge in [-0.25, -0.2) is 9.18 Å². The van der Waals surface area contributed by atoms with Crippen molar-refractivity contribution in [3.05, 3.63) is 12.2 Å². The molecule has 0 aromatic rings. The highest BCUT2D eigenvalue weighted by atomic mass is 19.3. The van der Waals surface area contributed by atoms with Crippen LogP contribution in [-0.4, -0.2) is 25.5 Å². The molecule has 0 radical (unpaired) electrons. The number of rotatable bonds is 5. The molecule has 2 rings (SSSR count). The van der Waals surface area contributed by atoms with Crippen LogP contribution in [0.2, 0.25) is 0 Å². The Morgan fingerprint density at radius 3 is 2.65 bits per heavy atom. The monoisotopic (exact) mass is 250 g/mol. The van der Waals surface area contributed by atoms with E-state index in [0.717, 1.165) is 12.8 Å². The van der Waals surface area contributed by atoms with Crippen LogP contribution in [0, 0.1) is 17.8 Å². The van der Waals surface area contributed by atoms with E-state index in [-0.39, 0.29) is 12.5 Å². The topological polar surface area (TPSA) is 35.5 Å². The first-order valence-corrected chi connectivity index (χ1v) is 5.46. The van der Waals surface area contributed by atoms with Crippen LogP contribution >= 0.6 is 0 Å². The smallest absolute Gasteiger partial charge is 0.458 e. The standard InChI is InChI=1S/C11H13F3O3/c12-6-17-11(13,14)10(15)16-5-9-4-7-1-2-8(9)3-7/h1-2,7-9H,3-6H2. The lowest BCUT2D eigenvalue weighted by Crippen LogP contribution is -2.35. The number of fused-ring (bicyclic) bond motifs is 2. The quantitative estimate of drug-likeness (QED) is 0.554. The van der Waals surface area contributed by atoms with E-state index in [2.05, 4.69) is 15.5 Å². The maximum Gasteiger partial charge on any atom is 0.458 e. The van der Waals surface area contributed by atoms with Crippen LogP contribution in [-0.2, 0) is 14.3 Å². The molecule has 3 atom stereocenters. The third kappa shape index (κ3) is 2.62. The van der Waals surface area contributed by atoms with Gasteiger partial charge >= 0.3 is 12.1 Å². The summed E-state index contributed by atoms with van der Waals surface area (Å²) in [5.41, 5.74) is 0. The number of carbonyl (C=O) groups excluding carboxylic acids is 1. The molecule has 3 nitrogen and oxygen atoms in total. The van der Waals surface area contributed by atoms with Crippen LogP contribution < -0.4 is 0 Å². The minimum absolute atomic E-state index is 0.0599. The molecule has 1 saturated carbocycles. The van der Waals surface area contributed by atoms with Crippen LogP contribution in [0.15, 0.2) is 12.2 Å². The fraction of sp³-hybridized carbons (Fsp3) is 0.727. The third-order valence-corrected chi connectivity index (χ3v) is 3.32. The van der Waals surface area contributed by atoms with Gasteiger partial charge in [-0.15, -0.1) is 0 Å². The van der Waals surface area contributed by atoms with Gasteiger partial charge in [-0.2, -0.15) is 8.78 Å². The van der Waals surface area contributed by atoms with E-state index in [1.807, 2.05) is 6.08 Å². The minimum Gasteiger partial charge on any atom is -0.459 e. The lowest BCUT2D eigenvalue weighted by atomic mass is 9.95. The number of esters is 1. The van der Waals surface area contributed by atoms with Gasteiger partial charge in [0.05, 0.1) is 6.61 Å². The zero-order chi connectivity index (χ0) is 12.5. The second kappa shape index (κ2) is 4.68. The molecule has 6 heteroatoms.